The van der Waals surface area contributed by atoms with Crippen LogP contribution in [0.25, 0.3) is 0 Å². The molecule has 1 atom stereocenters. The van der Waals surface area contributed by atoms with Gasteiger partial charge < -0.3 is 0 Å². The van der Waals surface area contributed by atoms with Crippen molar-refractivity contribution in [1.82, 2.24) is 0 Å². The van der Waals surface area contributed by atoms with Gasteiger partial charge in [0.05, 0.1) is 0 Å². The van der Waals surface area contributed by atoms with Crippen molar-refractivity contribution in [2.24, 2.45) is 5.92 Å². The number of allylic oxidation sites excluding steroid dienone is 1. The molecule has 3 aromatic rings. The Kier molecular flexibility index (Phi) is 6.70. The summed E-state index contributed by atoms with van der Waals surface area (Å²) >= 11 is -3.15. The molecule has 0 aliphatic heterocycles. The summed E-state index contributed by atoms with van der Waals surface area (Å²) in [4.78, 5) is 0. The first-order chi connectivity index (χ1) is 12.8. The topological polar surface area (TPSA) is 20.2 Å². The van der Waals surface area contributed by atoms with Crippen LogP contribution in [-0.4, -0.2) is 30.1 Å². The second-order valence-corrected chi connectivity index (χ2v) is 18.1. The molecular formula is C24H26OSn. The Bertz CT molecular complexity index is 716. The summed E-state index contributed by atoms with van der Waals surface area (Å²) in [6, 6.07) is 33.1. The number of rotatable bonds is 7. The Morgan fingerprint density at radius 3 is 1.46 bits per heavy atom. The number of benzene rings is 3. The number of aliphatic hydroxyl groups excluding tert-OH is 1. The standard InChI is InChI=1S/C6H11O.3C6H5.Sn/c1-3-4-6(2)5-7;3*1-2-4-6-5-3-1;/h3-4,6-7H,1,5H2,2H3;3*1-5H;/b4-3+;;;;. The van der Waals surface area contributed by atoms with Crippen molar-refractivity contribution >= 4 is 29.1 Å². The first-order valence-corrected chi connectivity index (χ1v) is 15.5. The molecule has 0 saturated carbocycles. The maximum atomic E-state index is 9.38. The first kappa shape index (κ1) is 18.9. The van der Waals surface area contributed by atoms with Crippen LogP contribution in [0, 0.1) is 5.92 Å². The molecule has 1 unspecified atom stereocenters. The van der Waals surface area contributed by atoms with E-state index in [4.69, 9.17) is 0 Å². The predicted octanol–water partition coefficient (Wildman–Crippen LogP) is 3.34. The van der Waals surface area contributed by atoms with Crippen LogP contribution in [0.1, 0.15) is 6.92 Å². The Balaban J connectivity index is 2.19. The molecule has 0 spiro atoms. The van der Waals surface area contributed by atoms with Crippen molar-refractivity contribution in [3.8, 4) is 0 Å². The van der Waals surface area contributed by atoms with E-state index in [1.165, 1.54) is 10.7 Å². The van der Waals surface area contributed by atoms with E-state index in [1.807, 2.05) is 0 Å². The number of aliphatic hydroxyl groups is 1. The van der Waals surface area contributed by atoms with Gasteiger partial charge in [-0.05, 0) is 0 Å². The number of hydrogen-bond acceptors (Lipinski definition) is 1. The zero-order valence-electron chi connectivity index (χ0n) is 15.3. The van der Waals surface area contributed by atoms with Crippen LogP contribution in [-0.2, 0) is 0 Å². The minimum absolute atomic E-state index is 0.195. The van der Waals surface area contributed by atoms with Crippen molar-refractivity contribution in [2.75, 3.05) is 6.61 Å². The van der Waals surface area contributed by atoms with Gasteiger partial charge in [-0.25, -0.2) is 0 Å². The maximum absolute atomic E-state index is 9.38. The third-order valence-corrected chi connectivity index (χ3v) is 18.7. The van der Waals surface area contributed by atoms with E-state index < -0.39 is 18.4 Å². The fourth-order valence-corrected chi connectivity index (χ4v) is 16.3. The SMILES string of the molecule is CC(/C=C/[CH2][Sn]([c]1ccccc1)([c]1ccccc1)[c]1ccccc1)CO. The molecule has 0 aromatic heterocycles. The van der Waals surface area contributed by atoms with Crippen molar-refractivity contribution in [3.05, 3.63) is 103 Å². The molecule has 1 nitrogen and oxygen atoms in total. The van der Waals surface area contributed by atoms with Gasteiger partial charge in [0.2, 0.25) is 0 Å². The van der Waals surface area contributed by atoms with Crippen LogP contribution in [0.4, 0.5) is 0 Å². The third kappa shape index (κ3) is 4.11. The van der Waals surface area contributed by atoms with Crippen LogP contribution < -0.4 is 10.7 Å². The van der Waals surface area contributed by atoms with Crippen molar-refractivity contribution in [2.45, 2.75) is 11.4 Å². The van der Waals surface area contributed by atoms with Crippen LogP contribution in [0.2, 0.25) is 4.44 Å². The summed E-state index contributed by atoms with van der Waals surface area (Å²) in [5.74, 6) is 0.196. The fourth-order valence-electron chi connectivity index (χ4n) is 3.56. The Hall–Kier alpha value is -1.84. The van der Waals surface area contributed by atoms with Crippen LogP contribution in [0.3, 0.4) is 0 Å². The molecule has 0 saturated heterocycles. The van der Waals surface area contributed by atoms with Crippen LogP contribution in [0.15, 0.2) is 103 Å². The Morgan fingerprint density at radius 2 is 1.12 bits per heavy atom. The second kappa shape index (κ2) is 9.20. The fraction of sp³-hybridized carbons (Fsp3) is 0.167. The molecule has 0 bridgehead atoms. The van der Waals surface area contributed by atoms with Gasteiger partial charge in [-0.15, -0.1) is 0 Å². The molecule has 3 aromatic carbocycles. The molecular weight excluding hydrogens is 423 g/mol. The van der Waals surface area contributed by atoms with E-state index >= 15 is 0 Å². The summed E-state index contributed by atoms with van der Waals surface area (Å²) in [5, 5.41) is 9.38. The normalized spacial score (nSPS) is 13.0. The molecule has 0 heterocycles. The van der Waals surface area contributed by atoms with E-state index in [0.29, 0.717) is 0 Å². The van der Waals surface area contributed by atoms with E-state index in [9.17, 15) is 5.11 Å². The van der Waals surface area contributed by atoms with Gasteiger partial charge in [0.15, 0.2) is 0 Å². The zero-order chi connectivity index (χ0) is 18.2. The van der Waals surface area contributed by atoms with Gasteiger partial charge in [-0.2, -0.15) is 0 Å². The molecule has 0 radical (unpaired) electrons. The third-order valence-electron chi connectivity index (χ3n) is 4.98. The molecule has 0 amide bonds. The summed E-state index contributed by atoms with van der Waals surface area (Å²) in [7, 11) is 0. The first-order valence-electron chi connectivity index (χ1n) is 9.21. The molecule has 132 valence electrons. The molecule has 0 fully saturated rings. The second-order valence-electron chi connectivity index (χ2n) is 6.80. The summed E-state index contributed by atoms with van der Waals surface area (Å²) < 4.78 is 5.51. The van der Waals surface area contributed by atoms with E-state index in [0.717, 1.165) is 4.44 Å². The molecule has 0 aliphatic rings. The Morgan fingerprint density at radius 1 is 0.731 bits per heavy atom. The van der Waals surface area contributed by atoms with Gasteiger partial charge in [0.25, 0.3) is 0 Å². The van der Waals surface area contributed by atoms with Crippen molar-refractivity contribution in [1.29, 1.82) is 0 Å². The van der Waals surface area contributed by atoms with Crippen molar-refractivity contribution in [3.63, 3.8) is 0 Å². The van der Waals surface area contributed by atoms with Crippen LogP contribution in [0.5, 0.6) is 0 Å². The molecule has 0 aliphatic carbocycles. The molecule has 1 N–H and O–H groups in total. The average Bonchev–Trinajstić information content (AvgIpc) is 2.73. The summed E-state index contributed by atoms with van der Waals surface area (Å²) in [5.41, 5.74) is 0. The van der Waals surface area contributed by atoms with Gasteiger partial charge in [0.1, 0.15) is 0 Å². The monoisotopic (exact) mass is 450 g/mol. The minimum atomic E-state index is -3.15. The zero-order valence-corrected chi connectivity index (χ0v) is 18.1. The average molecular weight is 449 g/mol. The quantitative estimate of drug-likeness (QED) is 0.434. The van der Waals surface area contributed by atoms with Gasteiger partial charge in [-0.1, -0.05) is 0 Å². The number of hydrogen-bond donors (Lipinski definition) is 1. The predicted molar refractivity (Wildman–Crippen MR) is 114 cm³/mol. The van der Waals surface area contributed by atoms with E-state index in [1.54, 1.807) is 0 Å². The Labute approximate surface area is 160 Å². The van der Waals surface area contributed by atoms with E-state index in [2.05, 4.69) is 110 Å². The van der Waals surface area contributed by atoms with E-state index in [-0.39, 0.29) is 12.5 Å². The summed E-state index contributed by atoms with van der Waals surface area (Å²) in [6.45, 7) is 2.25. The molecule has 2 heteroatoms. The molecule has 3 rings (SSSR count). The van der Waals surface area contributed by atoms with Gasteiger partial charge in [-0.3, -0.25) is 0 Å². The van der Waals surface area contributed by atoms with Crippen LogP contribution >= 0.6 is 0 Å². The van der Waals surface area contributed by atoms with Gasteiger partial charge >= 0.3 is 161 Å². The molecule has 26 heavy (non-hydrogen) atoms. The summed E-state index contributed by atoms with van der Waals surface area (Å²) in [6.07, 6.45) is 4.48. The van der Waals surface area contributed by atoms with Gasteiger partial charge in [0, 0.05) is 0 Å². The van der Waals surface area contributed by atoms with Crippen molar-refractivity contribution < 1.29 is 5.11 Å².